The molecule has 37 heavy (non-hydrogen) atoms. The number of fused-ring (bicyclic) bond motifs is 4. The minimum atomic E-state index is -1.36. The number of benzene rings is 3. The van der Waals surface area contributed by atoms with Crippen molar-refractivity contribution in [3.05, 3.63) is 103 Å². The summed E-state index contributed by atoms with van der Waals surface area (Å²) in [5.74, 6) is -0.420. The van der Waals surface area contributed by atoms with Gasteiger partial charge in [0.2, 0.25) is 0 Å². The summed E-state index contributed by atoms with van der Waals surface area (Å²) in [6, 6.07) is 16.4. The van der Waals surface area contributed by atoms with Crippen LogP contribution in [0.3, 0.4) is 0 Å². The fourth-order valence-electron chi connectivity index (χ4n) is 6.41. The van der Waals surface area contributed by atoms with Gasteiger partial charge in [-0.05, 0) is 48.7 Å². The van der Waals surface area contributed by atoms with Crippen LogP contribution in [0.15, 0.2) is 60.7 Å². The maximum atomic E-state index is 13.6. The van der Waals surface area contributed by atoms with Crippen LogP contribution in [0.2, 0.25) is 15.1 Å². The van der Waals surface area contributed by atoms with Gasteiger partial charge in [0.05, 0.1) is 10.9 Å². The van der Waals surface area contributed by atoms with Crippen LogP contribution in [0.5, 0.6) is 5.75 Å². The number of carbonyl (C=O) groups excluding carboxylic acids is 1. The number of hydrogen-bond donors (Lipinski definition) is 1. The van der Waals surface area contributed by atoms with Crippen LogP contribution in [-0.2, 0) is 16.9 Å². The number of nitrogens with one attached hydrogen (secondary N) is 1. The van der Waals surface area contributed by atoms with Gasteiger partial charge >= 0.3 is 0 Å². The molecule has 3 aliphatic rings. The van der Waals surface area contributed by atoms with Gasteiger partial charge in [-0.15, -0.1) is 0 Å². The van der Waals surface area contributed by atoms with Crippen LogP contribution in [-0.4, -0.2) is 34.4 Å². The molecule has 0 saturated carbocycles. The second kappa shape index (κ2) is 9.17. The monoisotopic (exact) mass is 557 g/mol. The molecule has 3 aromatic carbocycles. The molecule has 1 spiro atoms. The van der Waals surface area contributed by atoms with E-state index in [4.69, 9.17) is 39.5 Å². The third-order valence-electron chi connectivity index (χ3n) is 7.83. The van der Waals surface area contributed by atoms with E-state index in [2.05, 4.69) is 5.32 Å². The predicted octanol–water partition coefficient (Wildman–Crippen LogP) is 6.28. The number of carbonyl (C=O) groups is 1. The first-order valence-electron chi connectivity index (χ1n) is 12.0. The summed E-state index contributed by atoms with van der Waals surface area (Å²) in [4.78, 5) is 28.0. The number of anilines is 1. The summed E-state index contributed by atoms with van der Waals surface area (Å²) in [6.07, 6.45) is 1.62. The molecule has 0 aliphatic carbocycles. The first kappa shape index (κ1) is 24.5. The highest BCUT2D eigenvalue weighted by Gasteiger charge is 2.73. The number of nitro groups is 1. The first-order valence-corrected chi connectivity index (χ1v) is 13.1. The molecule has 3 aliphatic heterocycles. The van der Waals surface area contributed by atoms with Gasteiger partial charge in [0.25, 0.3) is 11.9 Å². The number of amides is 1. The first-order chi connectivity index (χ1) is 17.8. The van der Waals surface area contributed by atoms with Gasteiger partial charge < -0.3 is 10.1 Å². The molecule has 0 radical (unpaired) electrons. The maximum Gasteiger partial charge on any atom is 0.256 e. The van der Waals surface area contributed by atoms with E-state index in [1.807, 2.05) is 29.2 Å². The Balaban J connectivity index is 1.37. The largest absolute Gasteiger partial charge is 0.487 e. The summed E-state index contributed by atoms with van der Waals surface area (Å²) in [6.45, 7) is 0.802. The van der Waals surface area contributed by atoms with Crippen molar-refractivity contribution >= 4 is 46.4 Å². The van der Waals surface area contributed by atoms with E-state index in [0.717, 1.165) is 24.0 Å². The molecule has 7 nitrogen and oxygen atoms in total. The van der Waals surface area contributed by atoms with Crippen molar-refractivity contribution in [3.63, 3.8) is 0 Å². The van der Waals surface area contributed by atoms with Crippen molar-refractivity contribution < 1.29 is 14.5 Å². The molecule has 2 saturated heterocycles. The summed E-state index contributed by atoms with van der Waals surface area (Å²) in [7, 11) is 0. The van der Waals surface area contributed by atoms with Gasteiger partial charge in [0.15, 0.2) is 5.54 Å². The molecule has 4 atom stereocenters. The lowest BCUT2D eigenvalue weighted by Gasteiger charge is -2.32. The van der Waals surface area contributed by atoms with E-state index >= 15 is 0 Å². The van der Waals surface area contributed by atoms with Crippen molar-refractivity contribution in [2.45, 2.75) is 43.0 Å². The van der Waals surface area contributed by atoms with Gasteiger partial charge in [0.1, 0.15) is 12.4 Å². The topological polar surface area (TPSA) is 84.7 Å². The molecular weight excluding hydrogens is 537 g/mol. The highest BCUT2D eigenvalue weighted by atomic mass is 35.5. The van der Waals surface area contributed by atoms with Gasteiger partial charge in [0, 0.05) is 44.4 Å². The standard InChI is InChI=1S/C27H22Cl3N3O4/c28-17-9-7-16(19(29)13-17)14-37-23-10-8-15(12-20(23)30)24-22-6-3-11-32(22)27(25(24)33(35)36)18-4-1-2-5-21(18)31-26(27)34/h1-2,4-5,7-10,12-13,22,24-25H,3,6,11,14H2,(H,31,34)/t22-,24+,25-,27+/m1/s1. The zero-order chi connectivity index (χ0) is 25.9. The number of para-hydroxylation sites is 1. The van der Waals surface area contributed by atoms with Gasteiger partial charge in [-0.3, -0.25) is 19.8 Å². The Kier molecular flexibility index (Phi) is 6.07. The SMILES string of the molecule is O=C1Nc2ccccc2[C@]12[C@H]([N+](=O)[O-])[C@@H](c1ccc(OCc3ccc(Cl)cc3Cl)c(Cl)c1)[C@H]1CCCN12. The molecule has 10 heteroatoms. The van der Waals surface area contributed by atoms with E-state index in [-0.39, 0.29) is 23.5 Å². The average molecular weight is 559 g/mol. The molecule has 0 unspecified atom stereocenters. The molecular formula is C27H22Cl3N3O4. The van der Waals surface area contributed by atoms with Crippen LogP contribution in [0.25, 0.3) is 0 Å². The number of rotatable bonds is 5. The van der Waals surface area contributed by atoms with Crippen LogP contribution in [0.4, 0.5) is 5.69 Å². The van der Waals surface area contributed by atoms with Crippen LogP contribution in [0.1, 0.15) is 35.4 Å². The predicted molar refractivity (Wildman–Crippen MR) is 142 cm³/mol. The molecule has 2 fully saturated rings. The quantitative estimate of drug-likeness (QED) is 0.294. The zero-order valence-corrected chi connectivity index (χ0v) is 21.8. The highest BCUT2D eigenvalue weighted by Crippen LogP contribution is 2.58. The minimum Gasteiger partial charge on any atom is -0.487 e. The second-order valence-corrected chi connectivity index (χ2v) is 10.9. The molecule has 1 N–H and O–H groups in total. The highest BCUT2D eigenvalue weighted by molar-refractivity contribution is 6.35. The van der Waals surface area contributed by atoms with Crippen LogP contribution >= 0.6 is 34.8 Å². The Labute approximate surface area is 228 Å². The Hall–Kier alpha value is -2.84. The Bertz CT molecular complexity index is 1430. The molecule has 6 rings (SSSR count). The Morgan fingerprint density at radius 2 is 1.89 bits per heavy atom. The van der Waals surface area contributed by atoms with Crippen molar-refractivity contribution in [1.82, 2.24) is 4.90 Å². The van der Waals surface area contributed by atoms with Gasteiger partial charge in [-0.1, -0.05) is 65.1 Å². The normalized spacial score (nSPS) is 26.2. The zero-order valence-electron chi connectivity index (χ0n) is 19.5. The number of hydrogen-bond acceptors (Lipinski definition) is 5. The van der Waals surface area contributed by atoms with Crippen molar-refractivity contribution in [1.29, 1.82) is 0 Å². The number of halogens is 3. The lowest BCUT2D eigenvalue weighted by molar-refractivity contribution is -0.534. The second-order valence-electron chi connectivity index (χ2n) is 9.64. The third-order valence-corrected chi connectivity index (χ3v) is 8.72. The van der Waals surface area contributed by atoms with Crippen molar-refractivity contribution in [2.75, 3.05) is 11.9 Å². The minimum absolute atomic E-state index is 0.164. The Morgan fingerprint density at radius 3 is 2.65 bits per heavy atom. The molecule has 0 bridgehead atoms. The fourth-order valence-corrected chi connectivity index (χ4v) is 7.12. The summed E-state index contributed by atoms with van der Waals surface area (Å²) >= 11 is 18.9. The molecule has 3 heterocycles. The van der Waals surface area contributed by atoms with Gasteiger partial charge in [-0.2, -0.15) is 0 Å². The molecule has 0 aromatic heterocycles. The van der Waals surface area contributed by atoms with E-state index in [9.17, 15) is 14.9 Å². The summed E-state index contributed by atoms with van der Waals surface area (Å²) in [5.41, 5.74) is 1.41. The molecule has 1 amide bonds. The smallest absolute Gasteiger partial charge is 0.256 e. The molecule has 3 aromatic rings. The van der Waals surface area contributed by atoms with Crippen molar-refractivity contribution in [2.24, 2.45) is 0 Å². The van der Waals surface area contributed by atoms with Crippen LogP contribution < -0.4 is 10.1 Å². The van der Waals surface area contributed by atoms with E-state index < -0.39 is 17.5 Å². The van der Waals surface area contributed by atoms with Gasteiger partial charge in [-0.25, -0.2) is 0 Å². The summed E-state index contributed by atoms with van der Waals surface area (Å²) < 4.78 is 5.91. The number of ether oxygens (including phenoxy) is 1. The van der Waals surface area contributed by atoms with E-state index in [1.54, 1.807) is 36.4 Å². The summed E-state index contributed by atoms with van der Waals surface area (Å²) in [5, 5.41) is 17.0. The van der Waals surface area contributed by atoms with E-state index in [0.29, 0.717) is 38.6 Å². The Morgan fingerprint density at radius 1 is 1.08 bits per heavy atom. The maximum absolute atomic E-state index is 13.6. The lowest BCUT2D eigenvalue weighted by Crippen LogP contribution is -2.55. The van der Waals surface area contributed by atoms with Crippen molar-refractivity contribution in [3.8, 4) is 5.75 Å². The lowest BCUT2D eigenvalue weighted by atomic mass is 9.77. The average Bonchev–Trinajstić information content (AvgIpc) is 3.52. The van der Waals surface area contributed by atoms with E-state index in [1.165, 1.54) is 0 Å². The van der Waals surface area contributed by atoms with Crippen LogP contribution in [0, 0.1) is 10.1 Å². The molecule has 190 valence electrons. The third kappa shape index (κ3) is 3.71. The fraction of sp³-hybridized carbons (Fsp3) is 0.296. The number of nitrogens with zero attached hydrogens (tertiary/aromatic N) is 2.